The highest BCUT2D eigenvalue weighted by molar-refractivity contribution is 8.18. The fourth-order valence-electron chi connectivity index (χ4n) is 2.63. The third kappa shape index (κ3) is 2.25. The van der Waals surface area contributed by atoms with E-state index in [1.165, 1.54) is 23.5 Å². The molecule has 2 aliphatic heterocycles. The first kappa shape index (κ1) is 11.9. The summed E-state index contributed by atoms with van der Waals surface area (Å²) in [6.07, 6.45) is 3.17. The van der Waals surface area contributed by atoms with E-state index in [4.69, 9.17) is 4.74 Å². The summed E-state index contributed by atoms with van der Waals surface area (Å²) in [6.45, 7) is 2.24. The van der Waals surface area contributed by atoms with Gasteiger partial charge >= 0.3 is 0 Å². The molecule has 1 nitrogen and oxygen atoms in total. The molecule has 0 unspecified atom stereocenters. The molecule has 3 rings (SSSR count). The number of hydrogen-bond donors (Lipinski definition) is 0. The van der Waals surface area contributed by atoms with Crippen molar-refractivity contribution < 1.29 is 4.74 Å². The lowest BCUT2D eigenvalue weighted by Gasteiger charge is -2.34. The Bertz CT molecular complexity index is 373. The zero-order valence-corrected chi connectivity index (χ0v) is 11.7. The van der Waals surface area contributed by atoms with Crippen molar-refractivity contribution in [1.82, 2.24) is 0 Å². The molecule has 0 bridgehead atoms. The molecule has 0 N–H and O–H groups in total. The summed E-state index contributed by atoms with van der Waals surface area (Å²) in [6, 6.07) is 10.7. The first-order valence-electron chi connectivity index (χ1n) is 6.28. The minimum absolute atomic E-state index is 0.296. The highest BCUT2D eigenvalue weighted by Gasteiger charge is 2.48. The van der Waals surface area contributed by atoms with E-state index in [2.05, 4.69) is 60.8 Å². The molecular weight excluding hydrogens is 248 g/mol. The number of hydrogen-bond acceptors (Lipinski definition) is 3. The Kier molecular flexibility index (Phi) is 3.42. The van der Waals surface area contributed by atoms with Crippen LogP contribution in [0, 0.1) is 0 Å². The zero-order valence-electron chi connectivity index (χ0n) is 10.1. The second-order valence-electron chi connectivity index (χ2n) is 4.74. The van der Waals surface area contributed by atoms with E-state index in [1.807, 2.05) is 0 Å². The summed E-state index contributed by atoms with van der Waals surface area (Å²) in [7, 11) is 0. The van der Waals surface area contributed by atoms with Crippen molar-refractivity contribution in [2.75, 3.05) is 11.5 Å². The average molecular weight is 266 g/mol. The molecule has 0 saturated carbocycles. The highest BCUT2D eigenvalue weighted by atomic mass is 32.2. The Hall–Kier alpha value is -0.120. The SMILES string of the molecule is C[C@@H]1O[C@@H](c2ccccc2)CC12SCCCS2. The van der Waals surface area contributed by atoms with Crippen LogP contribution in [-0.2, 0) is 4.74 Å². The Morgan fingerprint density at radius 1 is 1.18 bits per heavy atom. The molecular formula is C14H18OS2. The van der Waals surface area contributed by atoms with Gasteiger partial charge in [0.15, 0.2) is 0 Å². The van der Waals surface area contributed by atoms with E-state index < -0.39 is 0 Å². The van der Waals surface area contributed by atoms with Gasteiger partial charge in [-0.2, -0.15) is 0 Å². The van der Waals surface area contributed by atoms with Crippen molar-refractivity contribution in [3.63, 3.8) is 0 Å². The third-order valence-electron chi connectivity index (χ3n) is 3.61. The Balaban J connectivity index is 1.79. The minimum Gasteiger partial charge on any atom is -0.368 e. The fourth-order valence-corrected chi connectivity index (χ4v) is 6.03. The average Bonchev–Trinajstić information content (AvgIpc) is 2.69. The molecule has 2 fully saturated rings. The number of rotatable bonds is 1. The van der Waals surface area contributed by atoms with E-state index in [0.29, 0.717) is 16.3 Å². The van der Waals surface area contributed by atoms with Gasteiger partial charge in [-0.1, -0.05) is 30.3 Å². The predicted octanol–water partition coefficient (Wildman–Crippen LogP) is 4.10. The molecule has 0 aromatic heterocycles. The summed E-state index contributed by atoms with van der Waals surface area (Å²) < 4.78 is 6.52. The van der Waals surface area contributed by atoms with Crippen LogP contribution in [0.5, 0.6) is 0 Å². The molecule has 2 aliphatic rings. The molecule has 2 heterocycles. The zero-order chi connectivity index (χ0) is 11.7. The van der Waals surface area contributed by atoms with Gasteiger partial charge in [0.2, 0.25) is 0 Å². The van der Waals surface area contributed by atoms with Gasteiger partial charge in [-0.05, 0) is 30.4 Å². The van der Waals surface area contributed by atoms with Gasteiger partial charge < -0.3 is 4.74 Å². The van der Waals surface area contributed by atoms with Crippen molar-refractivity contribution in [3.8, 4) is 0 Å². The maximum absolute atomic E-state index is 6.20. The lowest BCUT2D eigenvalue weighted by molar-refractivity contribution is 0.0548. The molecule has 2 atom stereocenters. The maximum Gasteiger partial charge on any atom is 0.0896 e. The molecule has 17 heavy (non-hydrogen) atoms. The standard InChI is InChI=1S/C14H18OS2/c1-11-14(16-8-5-9-17-14)10-13(15-11)12-6-3-2-4-7-12/h2-4,6-7,11,13H,5,8-10H2,1H3/t11-,13+/m0/s1. The summed E-state index contributed by atoms with van der Waals surface area (Å²) in [5, 5.41) is 0. The molecule has 3 heteroatoms. The lowest BCUT2D eigenvalue weighted by Crippen LogP contribution is -2.32. The fraction of sp³-hybridized carbons (Fsp3) is 0.571. The highest BCUT2D eigenvalue weighted by Crippen LogP contribution is 2.56. The van der Waals surface area contributed by atoms with Gasteiger partial charge in [0.25, 0.3) is 0 Å². The second-order valence-corrected chi connectivity index (χ2v) is 7.85. The van der Waals surface area contributed by atoms with E-state index >= 15 is 0 Å². The van der Waals surface area contributed by atoms with Gasteiger partial charge in [-0.25, -0.2) is 0 Å². The number of thioether (sulfide) groups is 2. The summed E-state index contributed by atoms with van der Waals surface area (Å²) in [5.74, 6) is 2.59. The summed E-state index contributed by atoms with van der Waals surface area (Å²) >= 11 is 4.24. The third-order valence-corrected chi connectivity index (χ3v) is 7.28. The van der Waals surface area contributed by atoms with Crippen LogP contribution in [0.15, 0.2) is 30.3 Å². The largest absolute Gasteiger partial charge is 0.368 e. The normalized spacial score (nSPS) is 31.8. The number of benzene rings is 1. The Labute approximate surface area is 112 Å². The minimum atomic E-state index is 0.296. The molecule has 0 amide bonds. The van der Waals surface area contributed by atoms with Crippen molar-refractivity contribution >= 4 is 23.5 Å². The predicted molar refractivity (Wildman–Crippen MR) is 76.6 cm³/mol. The van der Waals surface area contributed by atoms with Crippen LogP contribution in [0.4, 0.5) is 0 Å². The summed E-state index contributed by atoms with van der Waals surface area (Å²) in [5.41, 5.74) is 1.34. The van der Waals surface area contributed by atoms with Crippen LogP contribution in [0.2, 0.25) is 0 Å². The van der Waals surface area contributed by atoms with Crippen LogP contribution in [0.3, 0.4) is 0 Å². The monoisotopic (exact) mass is 266 g/mol. The molecule has 92 valence electrons. The number of ether oxygens (including phenoxy) is 1. The lowest BCUT2D eigenvalue weighted by atomic mass is 10.1. The quantitative estimate of drug-likeness (QED) is 0.757. The van der Waals surface area contributed by atoms with Crippen LogP contribution in [0.1, 0.15) is 31.4 Å². The van der Waals surface area contributed by atoms with Gasteiger partial charge in [0.1, 0.15) is 0 Å². The molecule has 1 spiro atoms. The van der Waals surface area contributed by atoms with Crippen LogP contribution in [0.25, 0.3) is 0 Å². The molecule has 1 aromatic carbocycles. The van der Waals surface area contributed by atoms with Crippen molar-refractivity contribution in [2.24, 2.45) is 0 Å². The molecule has 0 aliphatic carbocycles. The first-order chi connectivity index (χ1) is 8.30. The first-order valence-corrected chi connectivity index (χ1v) is 8.26. The van der Waals surface area contributed by atoms with Gasteiger partial charge in [0.05, 0.1) is 16.3 Å². The van der Waals surface area contributed by atoms with E-state index in [0.717, 1.165) is 6.42 Å². The molecule has 2 saturated heterocycles. The van der Waals surface area contributed by atoms with Gasteiger partial charge in [-0.3, -0.25) is 0 Å². The van der Waals surface area contributed by atoms with Crippen LogP contribution >= 0.6 is 23.5 Å². The smallest absolute Gasteiger partial charge is 0.0896 e. The second kappa shape index (κ2) is 4.87. The Morgan fingerprint density at radius 2 is 1.88 bits per heavy atom. The molecule has 1 aromatic rings. The maximum atomic E-state index is 6.20. The van der Waals surface area contributed by atoms with E-state index in [-0.39, 0.29) is 0 Å². The van der Waals surface area contributed by atoms with E-state index in [9.17, 15) is 0 Å². The van der Waals surface area contributed by atoms with Crippen LogP contribution < -0.4 is 0 Å². The Morgan fingerprint density at radius 3 is 2.59 bits per heavy atom. The van der Waals surface area contributed by atoms with Crippen molar-refractivity contribution in [2.45, 2.75) is 36.1 Å². The van der Waals surface area contributed by atoms with Gasteiger partial charge in [0, 0.05) is 6.42 Å². The summed E-state index contributed by atoms with van der Waals surface area (Å²) in [4.78, 5) is 0. The van der Waals surface area contributed by atoms with Crippen molar-refractivity contribution in [3.05, 3.63) is 35.9 Å². The van der Waals surface area contributed by atoms with Crippen LogP contribution in [-0.4, -0.2) is 21.7 Å². The van der Waals surface area contributed by atoms with Crippen molar-refractivity contribution in [1.29, 1.82) is 0 Å². The topological polar surface area (TPSA) is 9.23 Å². The molecule has 0 radical (unpaired) electrons. The van der Waals surface area contributed by atoms with E-state index in [1.54, 1.807) is 0 Å². The van der Waals surface area contributed by atoms with Gasteiger partial charge in [-0.15, -0.1) is 23.5 Å².